The van der Waals surface area contributed by atoms with Gasteiger partial charge in [0, 0.05) is 21.4 Å². The third-order valence-corrected chi connectivity index (χ3v) is 8.04. The van der Waals surface area contributed by atoms with Crippen molar-refractivity contribution < 1.29 is 14.3 Å². The number of nitrogens with zero attached hydrogens (tertiary/aromatic N) is 2. The van der Waals surface area contributed by atoms with E-state index in [0.717, 1.165) is 45.1 Å². The third-order valence-electron chi connectivity index (χ3n) is 5.88. The number of hydrogen-bond acceptors (Lipinski definition) is 7. The summed E-state index contributed by atoms with van der Waals surface area (Å²) >= 11 is 3.28. The smallest absolute Gasteiger partial charge is 0.173 e. The molecule has 2 aromatic carbocycles. The van der Waals surface area contributed by atoms with E-state index in [9.17, 15) is 4.79 Å². The van der Waals surface area contributed by atoms with Crippen molar-refractivity contribution in [2.75, 3.05) is 20.0 Å². The summed E-state index contributed by atoms with van der Waals surface area (Å²) < 4.78 is 10.5. The summed E-state index contributed by atoms with van der Waals surface area (Å²) in [6, 6.07) is 15.0. The first-order valence-corrected chi connectivity index (χ1v) is 12.7. The van der Waals surface area contributed by atoms with Crippen LogP contribution < -0.4 is 9.47 Å². The summed E-state index contributed by atoms with van der Waals surface area (Å²) in [5.74, 6) is 2.62. The Hall–Kier alpha value is -2.90. The Morgan fingerprint density at radius 1 is 0.939 bits per heavy atom. The first-order valence-electron chi connectivity index (χ1n) is 10.9. The number of Topliss-reactive ketones (excluding diaryl/α,β-unsaturated/α-hetero) is 1. The Kier molecular flexibility index (Phi) is 6.33. The van der Waals surface area contributed by atoms with Gasteiger partial charge in [-0.2, -0.15) is 0 Å². The quantitative estimate of drug-likeness (QED) is 0.179. The summed E-state index contributed by atoms with van der Waals surface area (Å²) in [7, 11) is 3.28. The number of methoxy groups -OCH3 is 2. The maximum absolute atomic E-state index is 12.9. The van der Waals surface area contributed by atoms with Gasteiger partial charge >= 0.3 is 0 Å². The van der Waals surface area contributed by atoms with Gasteiger partial charge in [0.05, 0.1) is 20.0 Å². The minimum absolute atomic E-state index is 0.0736. The highest BCUT2D eigenvalue weighted by Gasteiger charge is 2.22. The molecular weight excluding hydrogens is 452 g/mol. The van der Waals surface area contributed by atoms with Crippen LogP contribution in [-0.2, 0) is 12.8 Å². The molecule has 0 unspecified atom stereocenters. The average molecular weight is 477 g/mol. The van der Waals surface area contributed by atoms with E-state index >= 15 is 0 Å². The van der Waals surface area contributed by atoms with Gasteiger partial charge < -0.3 is 9.47 Å². The summed E-state index contributed by atoms with van der Waals surface area (Å²) in [5.41, 5.74) is 2.99. The molecule has 4 aromatic rings. The maximum atomic E-state index is 12.9. The van der Waals surface area contributed by atoms with Crippen LogP contribution in [0.2, 0.25) is 0 Å². The van der Waals surface area contributed by atoms with Crippen molar-refractivity contribution in [1.29, 1.82) is 0 Å². The van der Waals surface area contributed by atoms with E-state index < -0.39 is 0 Å². The minimum atomic E-state index is 0.0736. The number of rotatable bonds is 7. The first-order chi connectivity index (χ1) is 16.2. The molecule has 0 saturated heterocycles. The molecule has 168 valence electrons. The van der Waals surface area contributed by atoms with Crippen molar-refractivity contribution in [3.63, 3.8) is 0 Å². The molecule has 33 heavy (non-hydrogen) atoms. The molecule has 2 heterocycles. The lowest BCUT2D eigenvalue weighted by Gasteiger charge is -2.12. The van der Waals surface area contributed by atoms with Gasteiger partial charge in [-0.15, -0.1) is 11.3 Å². The lowest BCUT2D eigenvalue weighted by molar-refractivity contribution is 0.102. The molecule has 0 radical (unpaired) electrons. The second-order valence-electron chi connectivity index (χ2n) is 7.91. The van der Waals surface area contributed by atoms with Crippen LogP contribution in [0.25, 0.3) is 21.6 Å². The fourth-order valence-corrected chi connectivity index (χ4v) is 6.37. The number of ether oxygens (including phenoxy) is 2. The van der Waals surface area contributed by atoms with Crippen molar-refractivity contribution in [2.45, 2.75) is 30.7 Å². The molecule has 0 atom stereocenters. The highest BCUT2D eigenvalue weighted by atomic mass is 32.2. The zero-order chi connectivity index (χ0) is 22.8. The van der Waals surface area contributed by atoms with Gasteiger partial charge in [-0.3, -0.25) is 4.79 Å². The Labute approximate surface area is 201 Å². The molecule has 5 rings (SSSR count). The molecular formula is C26H24N2O3S2. The van der Waals surface area contributed by atoms with Crippen molar-refractivity contribution in [1.82, 2.24) is 9.97 Å². The number of carbonyl (C=O) groups is 1. The largest absolute Gasteiger partial charge is 0.497 e. The van der Waals surface area contributed by atoms with Crippen molar-refractivity contribution in [3.8, 4) is 22.9 Å². The van der Waals surface area contributed by atoms with Crippen LogP contribution in [0.15, 0.2) is 53.6 Å². The SMILES string of the molecule is COc1ccc(C(=O)CSc2nc(-c3ccc(OC)cc3)nc3sc4c(c23)CCCC4)cc1. The molecule has 0 aliphatic heterocycles. The Balaban J connectivity index is 1.50. The van der Waals surface area contributed by atoms with Crippen LogP contribution in [-0.4, -0.2) is 35.7 Å². The summed E-state index contributed by atoms with van der Waals surface area (Å²) in [4.78, 5) is 25.2. The van der Waals surface area contributed by atoms with E-state index in [1.165, 1.54) is 35.0 Å². The Bertz CT molecular complexity index is 1300. The highest BCUT2D eigenvalue weighted by molar-refractivity contribution is 8.00. The van der Waals surface area contributed by atoms with E-state index in [1.54, 1.807) is 25.6 Å². The van der Waals surface area contributed by atoms with E-state index in [-0.39, 0.29) is 5.78 Å². The molecule has 5 nitrogen and oxygen atoms in total. The van der Waals surface area contributed by atoms with E-state index in [1.807, 2.05) is 48.5 Å². The first kappa shape index (κ1) is 21.9. The molecule has 0 fully saturated rings. The topological polar surface area (TPSA) is 61.3 Å². The number of aromatic nitrogens is 2. The van der Waals surface area contributed by atoms with Crippen LogP contribution in [0.4, 0.5) is 0 Å². The highest BCUT2D eigenvalue weighted by Crippen LogP contribution is 2.41. The fraction of sp³-hybridized carbons (Fsp3) is 0.269. The molecule has 1 aliphatic rings. The number of hydrogen-bond donors (Lipinski definition) is 0. The van der Waals surface area contributed by atoms with Gasteiger partial charge in [-0.25, -0.2) is 9.97 Å². The monoisotopic (exact) mass is 476 g/mol. The molecule has 1 aliphatic carbocycles. The number of benzene rings is 2. The van der Waals surface area contributed by atoms with Crippen molar-refractivity contribution in [3.05, 3.63) is 64.5 Å². The molecule has 2 aromatic heterocycles. The average Bonchev–Trinajstić information content (AvgIpc) is 3.26. The van der Waals surface area contributed by atoms with Crippen LogP contribution in [0.5, 0.6) is 11.5 Å². The van der Waals surface area contributed by atoms with Gasteiger partial charge in [0.25, 0.3) is 0 Å². The second-order valence-corrected chi connectivity index (χ2v) is 9.96. The predicted molar refractivity (Wildman–Crippen MR) is 134 cm³/mol. The standard InChI is InChI=1S/C26H24N2O3S2/c1-30-18-11-7-16(8-12-18)21(29)15-32-25-23-20-5-3-4-6-22(20)33-26(23)28-24(27-25)17-9-13-19(31-2)14-10-17/h7-14H,3-6,15H2,1-2H3. The Morgan fingerprint density at radius 2 is 1.61 bits per heavy atom. The van der Waals surface area contributed by atoms with Crippen LogP contribution in [0.3, 0.4) is 0 Å². The lowest BCUT2D eigenvalue weighted by atomic mass is 9.97. The van der Waals surface area contributed by atoms with Crippen LogP contribution >= 0.6 is 23.1 Å². The molecule has 0 N–H and O–H groups in total. The van der Waals surface area contributed by atoms with Crippen LogP contribution in [0.1, 0.15) is 33.6 Å². The van der Waals surface area contributed by atoms with E-state index in [0.29, 0.717) is 17.1 Å². The molecule has 0 saturated carbocycles. The van der Waals surface area contributed by atoms with Gasteiger partial charge in [-0.05, 0) is 79.8 Å². The van der Waals surface area contributed by atoms with Crippen molar-refractivity contribution in [2.24, 2.45) is 0 Å². The lowest BCUT2D eigenvalue weighted by Crippen LogP contribution is -2.04. The number of thiophene rings is 1. The van der Waals surface area contributed by atoms with Gasteiger partial charge in [-0.1, -0.05) is 11.8 Å². The fourth-order valence-electron chi connectivity index (χ4n) is 4.09. The van der Waals surface area contributed by atoms with Gasteiger partial charge in [0.15, 0.2) is 11.6 Å². The summed E-state index contributed by atoms with van der Waals surface area (Å²) in [5, 5.41) is 2.03. The zero-order valence-corrected chi connectivity index (χ0v) is 20.2. The third kappa shape index (κ3) is 4.48. The van der Waals surface area contributed by atoms with Crippen molar-refractivity contribution >= 4 is 39.1 Å². The minimum Gasteiger partial charge on any atom is -0.497 e. The van der Waals surface area contributed by atoms with E-state index in [2.05, 4.69) is 0 Å². The number of aryl methyl sites for hydroxylation is 2. The second kappa shape index (κ2) is 9.53. The van der Waals surface area contributed by atoms with Gasteiger partial charge in [0.2, 0.25) is 0 Å². The molecule has 0 amide bonds. The predicted octanol–water partition coefficient (Wildman–Crippen LogP) is 6.23. The summed E-state index contributed by atoms with van der Waals surface area (Å²) in [6.07, 6.45) is 4.56. The van der Waals surface area contributed by atoms with Crippen LogP contribution in [0, 0.1) is 0 Å². The molecule has 0 spiro atoms. The molecule has 0 bridgehead atoms. The van der Waals surface area contributed by atoms with E-state index in [4.69, 9.17) is 19.4 Å². The number of fused-ring (bicyclic) bond motifs is 3. The number of ketones is 1. The number of thioether (sulfide) groups is 1. The maximum Gasteiger partial charge on any atom is 0.173 e. The summed E-state index contributed by atoms with van der Waals surface area (Å²) in [6.45, 7) is 0. The molecule has 7 heteroatoms. The number of carbonyl (C=O) groups excluding carboxylic acids is 1. The van der Waals surface area contributed by atoms with Gasteiger partial charge in [0.1, 0.15) is 21.4 Å². The normalized spacial score (nSPS) is 13.0. The Morgan fingerprint density at radius 3 is 2.30 bits per heavy atom. The zero-order valence-electron chi connectivity index (χ0n) is 18.6.